The van der Waals surface area contributed by atoms with Crippen LogP contribution in [0.3, 0.4) is 0 Å². The van der Waals surface area contributed by atoms with Gasteiger partial charge >= 0.3 is 0 Å². The van der Waals surface area contributed by atoms with Crippen LogP contribution in [-0.4, -0.2) is 25.2 Å². The summed E-state index contributed by atoms with van der Waals surface area (Å²) < 4.78 is 18.7. The van der Waals surface area contributed by atoms with E-state index in [9.17, 15) is 9.18 Å². The Morgan fingerprint density at radius 2 is 2.22 bits per heavy atom. The number of halogens is 2. The molecule has 0 radical (unpaired) electrons. The molecule has 1 rings (SSSR count). The Labute approximate surface area is 111 Å². The first kappa shape index (κ1) is 14.9. The van der Waals surface area contributed by atoms with E-state index in [0.717, 1.165) is 6.07 Å². The van der Waals surface area contributed by atoms with E-state index in [2.05, 4.69) is 5.32 Å². The second-order valence-corrected chi connectivity index (χ2v) is 4.59. The number of hydrogen-bond acceptors (Lipinski definition) is 2. The van der Waals surface area contributed by atoms with E-state index in [1.54, 1.807) is 0 Å². The van der Waals surface area contributed by atoms with Gasteiger partial charge in [-0.05, 0) is 38.5 Å². The van der Waals surface area contributed by atoms with Crippen LogP contribution >= 0.6 is 11.6 Å². The average molecular weight is 274 g/mol. The van der Waals surface area contributed by atoms with Gasteiger partial charge in [-0.3, -0.25) is 4.79 Å². The van der Waals surface area contributed by atoms with Crippen LogP contribution in [0.25, 0.3) is 0 Å². The molecule has 0 aliphatic heterocycles. The standard InChI is InChI=1S/C13H17ClFNO2/c1-9(2)18-7-3-6-16-13(17)11-5-4-10(14)8-12(11)15/h4-5,8-9H,3,6-7H2,1-2H3,(H,16,17). The lowest BCUT2D eigenvalue weighted by atomic mass is 10.2. The number of amides is 1. The molecule has 1 aromatic carbocycles. The summed E-state index contributed by atoms with van der Waals surface area (Å²) in [5.74, 6) is -1.05. The Morgan fingerprint density at radius 1 is 1.50 bits per heavy atom. The largest absolute Gasteiger partial charge is 0.379 e. The van der Waals surface area contributed by atoms with Crippen LogP contribution in [-0.2, 0) is 4.74 Å². The Bertz CT molecular complexity index is 410. The van der Waals surface area contributed by atoms with Crippen molar-refractivity contribution in [3.63, 3.8) is 0 Å². The Hall–Kier alpha value is -1.13. The molecule has 0 aliphatic carbocycles. The van der Waals surface area contributed by atoms with Gasteiger partial charge < -0.3 is 10.1 Å². The third-order valence-electron chi connectivity index (χ3n) is 2.23. The number of benzene rings is 1. The zero-order valence-corrected chi connectivity index (χ0v) is 11.3. The first-order chi connectivity index (χ1) is 8.50. The van der Waals surface area contributed by atoms with Crippen molar-refractivity contribution in [1.82, 2.24) is 5.32 Å². The quantitative estimate of drug-likeness (QED) is 0.809. The van der Waals surface area contributed by atoms with Crippen molar-refractivity contribution < 1.29 is 13.9 Å². The van der Waals surface area contributed by atoms with Crippen molar-refractivity contribution in [2.24, 2.45) is 0 Å². The van der Waals surface area contributed by atoms with Gasteiger partial charge in [-0.25, -0.2) is 4.39 Å². The molecule has 3 nitrogen and oxygen atoms in total. The van der Waals surface area contributed by atoms with Gasteiger partial charge in [0.2, 0.25) is 0 Å². The maximum Gasteiger partial charge on any atom is 0.254 e. The van der Waals surface area contributed by atoms with E-state index in [-0.39, 0.29) is 16.7 Å². The highest BCUT2D eigenvalue weighted by Crippen LogP contribution is 2.14. The molecule has 1 aromatic rings. The highest BCUT2D eigenvalue weighted by Gasteiger charge is 2.11. The lowest BCUT2D eigenvalue weighted by Crippen LogP contribution is -2.26. The summed E-state index contributed by atoms with van der Waals surface area (Å²) in [5, 5.41) is 2.90. The maximum atomic E-state index is 13.4. The highest BCUT2D eigenvalue weighted by atomic mass is 35.5. The minimum atomic E-state index is -0.613. The van der Waals surface area contributed by atoms with E-state index in [1.165, 1.54) is 12.1 Å². The summed E-state index contributed by atoms with van der Waals surface area (Å²) in [6.07, 6.45) is 0.869. The third-order valence-corrected chi connectivity index (χ3v) is 2.47. The SMILES string of the molecule is CC(C)OCCCNC(=O)c1ccc(Cl)cc1F. The molecular formula is C13H17ClFNO2. The second kappa shape index (κ2) is 7.34. The molecule has 0 fully saturated rings. The predicted molar refractivity (Wildman–Crippen MR) is 69.4 cm³/mol. The fourth-order valence-electron chi connectivity index (χ4n) is 1.36. The van der Waals surface area contributed by atoms with Crippen LogP contribution in [0.2, 0.25) is 5.02 Å². The molecule has 0 spiro atoms. The number of rotatable bonds is 6. The molecule has 0 saturated heterocycles. The van der Waals surface area contributed by atoms with Crippen LogP contribution in [0.5, 0.6) is 0 Å². The fourth-order valence-corrected chi connectivity index (χ4v) is 1.52. The molecule has 1 amide bonds. The molecule has 0 heterocycles. The molecule has 18 heavy (non-hydrogen) atoms. The van der Waals surface area contributed by atoms with Gasteiger partial charge in [0.15, 0.2) is 0 Å². The van der Waals surface area contributed by atoms with Crippen molar-refractivity contribution in [1.29, 1.82) is 0 Å². The Morgan fingerprint density at radius 3 is 2.83 bits per heavy atom. The first-order valence-corrected chi connectivity index (χ1v) is 6.23. The molecule has 100 valence electrons. The average Bonchev–Trinajstić information content (AvgIpc) is 2.27. The van der Waals surface area contributed by atoms with E-state index < -0.39 is 11.7 Å². The van der Waals surface area contributed by atoms with E-state index in [0.29, 0.717) is 19.6 Å². The van der Waals surface area contributed by atoms with Gasteiger partial charge in [0.05, 0.1) is 11.7 Å². The summed E-state index contributed by atoms with van der Waals surface area (Å²) in [5.41, 5.74) is 0.00387. The number of ether oxygens (including phenoxy) is 1. The molecular weight excluding hydrogens is 257 g/mol. The molecule has 0 saturated carbocycles. The van der Waals surface area contributed by atoms with E-state index >= 15 is 0 Å². The summed E-state index contributed by atoms with van der Waals surface area (Å²) in [6.45, 7) is 4.91. The maximum absolute atomic E-state index is 13.4. The predicted octanol–water partition coefficient (Wildman–Crippen LogP) is 3.02. The normalized spacial score (nSPS) is 10.7. The Balaban J connectivity index is 2.36. The molecule has 0 unspecified atom stereocenters. The van der Waals surface area contributed by atoms with Crippen molar-refractivity contribution in [2.75, 3.05) is 13.2 Å². The monoisotopic (exact) mass is 273 g/mol. The molecule has 1 N–H and O–H groups in total. The van der Waals surface area contributed by atoms with Crippen molar-refractivity contribution in [2.45, 2.75) is 26.4 Å². The molecule has 5 heteroatoms. The summed E-state index contributed by atoms with van der Waals surface area (Å²) >= 11 is 5.61. The van der Waals surface area contributed by atoms with Gasteiger partial charge in [0.1, 0.15) is 5.82 Å². The summed E-state index contributed by atoms with van der Waals surface area (Å²) in [7, 11) is 0. The minimum absolute atomic E-state index is 0.00387. The van der Waals surface area contributed by atoms with Crippen molar-refractivity contribution >= 4 is 17.5 Å². The van der Waals surface area contributed by atoms with Gasteiger partial charge in [0.25, 0.3) is 5.91 Å². The van der Waals surface area contributed by atoms with Gasteiger partial charge in [-0.1, -0.05) is 11.6 Å². The smallest absolute Gasteiger partial charge is 0.254 e. The minimum Gasteiger partial charge on any atom is -0.379 e. The van der Waals surface area contributed by atoms with Crippen LogP contribution in [0, 0.1) is 5.82 Å². The van der Waals surface area contributed by atoms with Crippen LogP contribution in [0.15, 0.2) is 18.2 Å². The number of carbonyl (C=O) groups excluding carboxylic acids is 1. The number of nitrogens with one attached hydrogen (secondary N) is 1. The third kappa shape index (κ3) is 5.02. The first-order valence-electron chi connectivity index (χ1n) is 5.85. The number of carbonyl (C=O) groups is 1. The molecule has 0 aliphatic rings. The van der Waals surface area contributed by atoms with Gasteiger partial charge in [-0.15, -0.1) is 0 Å². The highest BCUT2D eigenvalue weighted by molar-refractivity contribution is 6.30. The van der Waals surface area contributed by atoms with Crippen LogP contribution in [0.4, 0.5) is 4.39 Å². The van der Waals surface area contributed by atoms with Crippen LogP contribution < -0.4 is 5.32 Å². The van der Waals surface area contributed by atoms with Gasteiger partial charge in [-0.2, -0.15) is 0 Å². The fraction of sp³-hybridized carbons (Fsp3) is 0.462. The zero-order chi connectivity index (χ0) is 13.5. The van der Waals surface area contributed by atoms with Crippen molar-refractivity contribution in [3.8, 4) is 0 Å². The lowest BCUT2D eigenvalue weighted by Gasteiger charge is -2.08. The molecule has 0 aromatic heterocycles. The van der Waals surface area contributed by atoms with E-state index in [1.807, 2.05) is 13.8 Å². The number of hydrogen-bond donors (Lipinski definition) is 1. The summed E-state index contributed by atoms with van der Waals surface area (Å²) in [6, 6.07) is 3.98. The van der Waals surface area contributed by atoms with Crippen LogP contribution in [0.1, 0.15) is 30.6 Å². The molecule has 0 bridgehead atoms. The summed E-state index contributed by atoms with van der Waals surface area (Å²) in [4.78, 5) is 11.6. The zero-order valence-electron chi connectivity index (χ0n) is 10.5. The second-order valence-electron chi connectivity index (χ2n) is 4.15. The lowest BCUT2D eigenvalue weighted by molar-refractivity contribution is 0.0756. The molecule has 0 atom stereocenters. The topological polar surface area (TPSA) is 38.3 Å². The van der Waals surface area contributed by atoms with Crippen molar-refractivity contribution in [3.05, 3.63) is 34.6 Å². The van der Waals surface area contributed by atoms with Gasteiger partial charge in [0, 0.05) is 18.2 Å². The Kier molecular flexibility index (Phi) is 6.09. The van der Waals surface area contributed by atoms with E-state index in [4.69, 9.17) is 16.3 Å².